The van der Waals surface area contributed by atoms with Crippen LogP contribution in [0.5, 0.6) is 0 Å². The van der Waals surface area contributed by atoms with Gasteiger partial charge in [0.05, 0.1) is 6.54 Å². The standard InChI is InChI=1S/C12H17N5O/c1-3-6-17-8-5-14-11(12(17)18)15-9-10-13-4-7-16(10)2/h4-5,7-8H,3,6,9H2,1-2H3,(H,14,15). The highest BCUT2D eigenvalue weighted by Crippen LogP contribution is 1.99. The Morgan fingerprint density at radius 3 is 2.72 bits per heavy atom. The first-order valence-corrected chi connectivity index (χ1v) is 5.98. The summed E-state index contributed by atoms with van der Waals surface area (Å²) in [5.74, 6) is 1.23. The number of aryl methyl sites for hydroxylation is 2. The maximum atomic E-state index is 12.0. The first kappa shape index (κ1) is 12.3. The lowest BCUT2D eigenvalue weighted by molar-refractivity contribution is 0.649. The minimum atomic E-state index is -0.0893. The summed E-state index contributed by atoms with van der Waals surface area (Å²) in [6.45, 7) is 3.23. The second-order valence-electron chi connectivity index (χ2n) is 4.08. The Balaban J connectivity index is 2.12. The molecule has 0 aliphatic carbocycles. The van der Waals surface area contributed by atoms with Gasteiger partial charge in [0.2, 0.25) is 0 Å². The molecule has 0 radical (unpaired) electrons. The molecule has 0 aliphatic heterocycles. The van der Waals surface area contributed by atoms with Crippen molar-refractivity contribution in [2.75, 3.05) is 5.32 Å². The zero-order valence-electron chi connectivity index (χ0n) is 10.6. The number of hydrogen-bond acceptors (Lipinski definition) is 4. The summed E-state index contributed by atoms with van der Waals surface area (Å²) < 4.78 is 3.56. The average molecular weight is 247 g/mol. The van der Waals surface area contributed by atoms with Crippen LogP contribution in [0.1, 0.15) is 19.2 Å². The van der Waals surface area contributed by atoms with E-state index in [9.17, 15) is 4.79 Å². The third kappa shape index (κ3) is 2.58. The van der Waals surface area contributed by atoms with Crippen LogP contribution in [-0.4, -0.2) is 19.1 Å². The van der Waals surface area contributed by atoms with Gasteiger partial charge in [-0.3, -0.25) is 4.79 Å². The summed E-state index contributed by atoms with van der Waals surface area (Å²) in [5.41, 5.74) is -0.0893. The first-order chi connectivity index (χ1) is 8.72. The molecule has 0 saturated heterocycles. The predicted molar refractivity (Wildman–Crippen MR) is 69.3 cm³/mol. The molecule has 0 atom stereocenters. The van der Waals surface area contributed by atoms with Gasteiger partial charge in [-0.15, -0.1) is 0 Å². The maximum Gasteiger partial charge on any atom is 0.293 e. The molecule has 6 nitrogen and oxygen atoms in total. The van der Waals surface area contributed by atoms with Gasteiger partial charge in [-0.05, 0) is 6.42 Å². The largest absolute Gasteiger partial charge is 0.358 e. The quantitative estimate of drug-likeness (QED) is 0.856. The Labute approximate surface area is 105 Å². The van der Waals surface area contributed by atoms with Crippen LogP contribution in [0.25, 0.3) is 0 Å². The molecule has 1 N–H and O–H groups in total. The Kier molecular flexibility index (Phi) is 3.76. The van der Waals surface area contributed by atoms with E-state index in [1.165, 1.54) is 0 Å². The van der Waals surface area contributed by atoms with Crippen molar-refractivity contribution in [3.05, 3.63) is 41.0 Å². The molecule has 0 amide bonds. The molecule has 0 saturated carbocycles. The van der Waals surface area contributed by atoms with E-state index in [1.807, 2.05) is 24.7 Å². The van der Waals surface area contributed by atoms with E-state index in [4.69, 9.17) is 0 Å². The van der Waals surface area contributed by atoms with E-state index in [2.05, 4.69) is 15.3 Å². The van der Waals surface area contributed by atoms with Gasteiger partial charge in [0.25, 0.3) is 5.56 Å². The van der Waals surface area contributed by atoms with Gasteiger partial charge in [0.15, 0.2) is 5.82 Å². The van der Waals surface area contributed by atoms with Crippen LogP contribution in [-0.2, 0) is 20.1 Å². The van der Waals surface area contributed by atoms with E-state index < -0.39 is 0 Å². The van der Waals surface area contributed by atoms with Crippen molar-refractivity contribution in [1.29, 1.82) is 0 Å². The Bertz CT molecular complexity index is 572. The Morgan fingerprint density at radius 2 is 2.06 bits per heavy atom. The molecule has 0 aromatic carbocycles. The van der Waals surface area contributed by atoms with Crippen molar-refractivity contribution < 1.29 is 0 Å². The van der Waals surface area contributed by atoms with Crippen molar-refractivity contribution in [2.45, 2.75) is 26.4 Å². The van der Waals surface area contributed by atoms with E-state index in [-0.39, 0.29) is 5.56 Å². The molecule has 6 heteroatoms. The van der Waals surface area contributed by atoms with Crippen LogP contribution in [0.3, 0.4) is 0 Å². The second kappa shape index (κ2) is 5.48. The lowest BCUT2D eigenvalue weighted by atomic mass is 10.4. The van der Waals surface area contributed by atoms with E-state index in [1.54, 1.807) is 23.2 Å². The fourth-order valence-corrected chi connectivity index (χ4v) is 1.72. The van der Waals surface area contributed by atoms with Gasteiger partial charge in [-0.1, -0.05) is 6.92 Å². The lowest BCUT2D eigenvalue weighted by Crippen LogP contribution is -2.24. The molecule has 0 spiro atoms. The average Bonchev–Trinajstić information content (AvgIpc) is 2.76. The number of rotatable bonds is 5. The summed E-state index contributed by atoms with van der Waals surface area (Å²) in [6, 6.07) is 0. The minimum Gasteiger partial charge on any atom is -0.358 e. The highest BCUT2D eigenvalue weighted by molar-refractivity contribution is 5.31. The Hall–Kier alpha value is -2.11. The topological polar surface area (TPSA) is 64.7 Å². The molecule has 0 unspecified atom stereocenters. The third-order valence-corrected chi connectivity index (χ3v) is 2.71. The summed E-state index contributed by atoms with van der Waals surface area (Å²) in [4.78, 5) is 20.3. The van der Waals surface area contributed by atoms with Crippen molar-refractivity contribution in [3.8, 4) is 0 Å². The van der Waals surface area contributed by atoms with Crippen molar-refractivity contribution in [3.63, 3.8) is 0 Å². The third-order valence-electron chi connectivity index (χ3n) is 2.71. The molecule has 2 aromatic rings. The van der Waals surface area contributed by atoms with Crippen LogP contribution in [0.2, 0.25) is 0 Å². The van der Waals surface area contributed by atoms with Crippen LogP contribution in [0, 0.1) is 0 Å². The van der Waals surface area contributed by atoms with Crippen LogP contribution in [0.4, 0.5) is 5.82 Å². The molecule has 0 bridgehead atoms. The molecule has 18 heavy (non-hydrogen) atoms. The zero-order chi connectivity index (χ0) is 13.0. The number of hydrogen-bond donors (Lipinski definition) is 1. The van der Waals surface area contributed by atoms with Gasteiger partial charge >= 0.3 is 0 Å². The van der Waals surface area contributed by atoms with Gasteiger partial charge in [0.1, 0.15) is 5.82 Å². The van der Waals surface area contributed by atoms with E-state index >= 15 is 0 Å². The normalized spacial score (nSPS) is 10.6. The molecule has 0 fully saturated rings. The van der Waals surface area contributed by atoms with Crippen molar-refractivity contribution in [1.82, 2.24) is 19.1 Å². The predicted octanol–water partition coefficient (Wildman–Crippen LogP) is 0.999. The molecule has 2 aromatic heterocycles. The van der Waals surface area contributed by atoms with E-state index in [0.29, 0.717) is 18.9 Å². The monoisotopic (exact) mass is 247 g/mol. The lowest BCUT2D eigenvalue weighted by Gasteiger charge is -2.08. The number of nitrogens with one attached hydrogen (secondary N) is 1. The number of anilines is 1. The Morgan fingerprint density at radius 1 is 1.28 bits per heavy atom. The summed E-state index contributed by atoms with van der Waals surface area (Å²) >= 11 is 0. The highest BCUT2D eigenvalue weighted by Gasteiger charge is 2.05. The van der Waals surface area contributed by atoms with Crippen molar-refractivity contribution >= 4 is 5.82 Å². The summed E-state index contributed by atoms with van der Waals surface area (Å²) in [6.07, 6.45) is 7.86. The van der Waals surface area contributed by atoms with Crippen LogP contribution < -0.4 is 10.9 Å². The molecule has 2 rings (SSSR count). The SMILES string of the molecule is CCCn1ccnc(NCc2nccn2C)c1=O. The van der Waals surface area contributed by atoms with E-state index in [0.717, 1.165) is 12.2 Å². The fraction of sp³-hybridized carbons (Fsp3) is 0.417. The van der Waals surface area contributed by atoms with Gasteiger partial charge in [-0.25, -0.2) is 9.97 Å². The van der Waals surface area contributed by atoms with Gasteiger partial charge in [0, 0.05) is 38.4 Å². The molecule has 0 aliphatic rings. The van der Waals surface area contributed by atoms with Gasteiger partial charge < -0.3 is 14.5 Å². The van der Waals surface area contributed by atoms with Crippen LogP contribution in [0.15, 0.2) is 29.6 Å². The number of nitrogens with zero attached hydrogens (tertiary/aromatic N) is 4. The molecular weight excluding hydrogens is 230 g/mol. The highest BCUT2D eigenvalue weighted by atomic mass is 16.1. The summed E-state index contributed by atoms with van der Waals surface area (Å²) in [7, 11) is 1.91. The number of imidazole rings is 1. The molecular formula is C12H17N5O. The van der Waals surface area contributed by atoms with Gasteiger partial charge in [-0.2, -0.15) is 0 Å². The van der Waals surface area contributed by atoms with Crippen molar-refractivity contribution in [2.24, 2.45) is 7.05 Å². The number of aromatic nitrogens is 4. The fourth-order valence-electron chi connectivity index (χ4n) is 1.72. The summed E-state index contributed by atoms with van der Waals surface area (Å²) in [5, 5.41) is 3.03. The zero-order valence-corrected chi connectivity index (χ0v) is 10.6. The van der Waals surface area contributed by atoms with Crippen LogP contribution >= 0.6 is 0 Å². The second-order valence-corrected chi connectivity index (χ2v) is 4.08. The molecule has 96 valence electrons. The first-order valence-electron chi connectivity index (χ1n) is 5.98. The minimum absolute atomic E-state index is 0.0893. The maximum absolute atomic E-state index is 12.0. The molecule has 2 heterocycles. The smallest absolute Gasteiger partial charge is 0.293 e.